The highest BCUT2D eigenvalue weighted by Gasteiger charge is 2.35. The van der Waals surface area contributed by atoms with Gasteiger partial charge >= 0.3 is 0 Å². The van der Waals surface area contributed by atoms with E-state index in [4.69, 9.17) is 19.9 Å². The van der Waals surface area contributed by atoms with Gasteiger partial charge in [0.1, 0.15) is 0 Å². The molecule has 4 heteroatoms. The first-order valence-corrected chi connectivity index (χ1v) is 4.64. The Labute approximate surface area is 79.3 Å². The smallest absolute Gasteiger partial charge is 0.163 e. The molecule has 0 amide bonds. The highest BCUT2D eigenvalue weighted by molar-refractivity contribution is 4.75. The van der Waals surface area contributed by atoms with Gasteiger partial charge in [0.15, 0.2) is 12.6 Å². The van der Waals surface area contributed by atoms with E-state index in [0.29, 0.717) is 5.92 Å². The molecule has 4 atom stereocenters. The third-order valence-electron chi connectivity index (χ3n) is 2.34. The maximum absolute atomic E-state index is 5.72. The van der Waals surface area contributed by atoms with Gasteiger partial charge in [0.05, 0.1) is 0 Å². The van der Waals surface area contributed by atoms with Crippen LogP contribution in [0.15, 0.2) is 0 Å². The largest absolute Gasteiger partial charge is 0.356 e. The number of methoxy groups -OCH3 is 2. The van der Waals surface area contributed by atoms with Crippen LogP contribution in [0.2, 0.25) is 0 Å². The van der Waals surface area contributed by atoms with Crippen LogP contribution >= 0.6 is 0 Å². The van der Waals surface area contributed by atoms with E-state index in [-0.39, 0.29) is 18.6 Å². The second kappa shape index (κ2) is 4.91. The molecule has 78 valence electrons. The minimum atomic E-state index is -0.157. The number of nitrogens with two attached hydrogens (primary N) is 1. The van der Waals surface area contributed by atoms with Crippen molar-refractivity contribution in [2.75, 3.05) is 14.2 Å². The third kappa shape index (κ3) is 2.91. The lowest BCUT2D eigenvalue weighted by Gasteiger charge is -2.17. The summed E-state index contributed by atoms with van der Waals surface area (Å²) in [4.78, 5) is 0. The summed E-state index contributed by atoms with van der Waals surface area (Å²) in [5.74, 6) is 0.356. The van der Waals surface area contributed by atoms with Crippen LogP contribution in [-0.2, 0) is 14.2 Å². The maximum atomic E-state index is 5.72. The Balaban J connectivity index is 2.43. The first-order valence-electron chi connectivity index (χ1n) is 4.64. The SMILES string of the molecule is COC1CC(CC(C)N)C(OC)O1. The fourth-order valence-corrected chi connectivity index (χ4v) is 1.76. The van der Waals surface area contributed by atoms with Gasteiger partial charge in [-0.3, -0.25) is 0 Å². The lowest BCUT2D eigenvalue weighted by molar-refractivity contribution is -0.193. The molecule has 4 nitrogen and oxygen atoms in total. The zero-order chi connectivity index (χ0) is 9.84. The third-order valence-corrected chi connectivity index (χ3v) is 2.34. The van der Waals surface area contributed by atoms with E-state index in [9.17, 15) is 0 Å². The first kappa shape index (κ1) is 10.9. The van der Waals surface area contributed by atoms with Crippen molar-refractivity contribution in [2.24, 2.45) is 11.7 Å². The van der Waals surface area contributed by atoms with Crippen LogP contribution < -0.4 is 5.73 Å². The normalized spacial score (nSPS) is 36.5. The lowest BCUT2D eigenvalue weighted by Crippen LogP contribution is -2.25. The Bertz CT molecular complexity index is 152. The average molecular weight is 189 g/mol. The summed E-state index contributed by atoms with van der Waals surface area (Å²) >= 11 is 0. The number of rotatable bonds is 4. The van der Waals surface area contributed by atoms with Crippen LogP contribution in [0.5, 0.6) is 0 Å². The monoisotopic (exact) mass is 189 g/mol. The molecule has 2 N–H and O–H groups in total. The molecule has 0 spiro atoms. The first-order chi connectivity index (χ1) is 6.17. The summed E-state index contributed by atoms with van der Waals surface area (Å²) in [5.41, 5.74) is 5.72. The van der Waals surface area contributed by atoms with E-state index in [1.54, 1.807) is 14.2 Å². The Hall–Kier alpha value is -0.160. The van der Waals surface area contributed by atoms with E-state index in [1.165, 1.54) is 0 Å². The number of hydrogen-bond donors (Lipinski definition) is 1. The zero-order valence-electron chi connectivity index (χ0n) is 8.53. The standard InChI is InChI=1S/C9H19NO3/c1-6(10)4-7-5-8(11-2)13-9(7)12-3/h6-9H,4-5,10H2,1-3H3. The Morgan fingerprint density at radius 1 is 1.46 bits per heavy atom. The molecule has 0 aliphatic carbocycles. The lowest BCUT2D eigenvalue weighted by atomic mass is 9.99. The second-order valence-corrected chi connectivity index (χ2v) is 3.61. The molecule has 1 aliphatic heterocycles. The number of hydrogen-bond acceptors (Lipinski definition) is 4. The van der Waals surface area contributed by atoms with Crippen molar-refractivity contribution < 1.29 is 14.2 Å². The highest BCUT2D eigenvalue weighted by atomic mass is 16.8. The summed E-state index contributed by atoms with van der Waals surface area (Å²) < 4.78 is 15.8. The molecule has 1 saturated heterocycles. The maximum Gasteiger partial charge on any atom is 0.163 e. The van der Waals surface area contributed by atoms with E-state index < -0.39 is 0 Å². The Morgan fingerprint density at radius 2 is 2.15 bits per heavy atom. The highest BCUT2D eigenvalue weighted by Crippen LogP contribution is 2.30. The molecule has 0 aromatic heterocycles. The predicted molar refractivity (Wildman–Crippen MR) is 49.1 cm³/mol. The van der Waals surface area contributed by atoms with Crippen molar-refractivity contribution in [3.8, 4) is 0 Å². The van der Waals surface area contributed by atoms with Gasteiger partial charge in [-0.15, -0.1) is 0 Å². The molecule has 0 aromatic carbocycles. The van der Waals surface area contributed by atoms with Crippen molar-refractivity contribution >= 4 is 0 Å². The van der Waals surface area contributed by atoms with Gasteiger partial charge in [0.2, 0.25) is 0 Å². The van der Waals surface area contributed by atoms with Crippen LogP contribution in [0.3, 0.4) is 0 Å². The van der Waals surface area contributed by atoms with Crippen LogP contribution in [0, 0.1) is 5.92 Å². The van der Waals surface area contributed by atoms with Gasteiger partial charge in [0, 0.05) is 32.6 Å². The zero-order valence-corrected chi connectivity index (χ0v) is 8.53. The topological polar surface area (TPSA) is 53.7 Å². The summed E-state index contributed by atoms with van der Waals surface area (Å²) in [6.07, 6.45) is 1.50. The summed E-state index contributed by atoms with van der Waals surface area (Å²) in [7, 11) is 3.29. The van der Waals surface area contributed by atoms with Crippen molar-refractivity contribution in [1.29, 1.82) is 0 Å². The van der Waals surface area contributed by atoms with Gasteiger partial charge in [-0.2, -0.15) is 0 Å². The molecule has 0 bridgehead atoms. The number of ether oxygens (including phenoxy) is 3. The van der Waals surface area contributed by atoms with Gasteiger partial charge in [-0.25, -0.2) is 0 Å². The molecule has 1 aliphatic rings. The summed E-state index contributed by atoms with van der Waals surface area (Å²) in [5, 5.41) is 0. The quantitative estimate of drug-likeness (QED) is 0.707. The van der Waals surface area contributed by atoms with E-state index >= 15 is 0 Å². The van der Waals surface area contributed by atoms with Crippen LogP contribution in [0.4, 0.5) is 0 Å². The second-order valence-electron chi connectivity index (χ2n) is 3.61. The molecule has 1 rings (SSSR count). The molecule has 1 heterocycles. The Kier molecular flexibility index (Phi) is 4.12. The van der Waals surface area contributed by atoms with Crippen molar-refractivity contribution in [1.82, 2.24) is 0 Å². The summed E-state index contributed by atoms with van der Waals surface area (Å²) in [6.45, 7) is 1.99. The molecular weight excluding hydrogens is 170 g/mol. The van der Waals surface area contributed by atoms with Gasteiger partial charge in [-0.1, -0.05) is 0 Å². The Morgan fingerprint density at radius 3 is 2.62 bits per heavy atom. The van der Waals surface area contributed by atoms with Crippen LogP contribution in [0.25, 0.3) is 0 Å². The summed E-state index contributed by atoms with van der Waals surface area (Å²) in [6, 6.07) is 0.182. The molecule has 0 saturated carbocycles. The molecular formula is C9H19NO3. The molecule has 0 aromatic rings. The van der Waals surface area contributed by atoms with E-state index in [2.05, 4.69) is 0 Å². The predicted octanol–water partition coefficient (Wildman–Crippen LogP) is 0.705. The van der Waals surface area contributed by atoms with Crippen LogP contribution in [0.1, 0.15) is 19.8 Å². The fraction of sp³-hybridized carbons (Fsp3) is 1.00. The van der Waals surface area contributed by atoms with Gasteiger partial charge in [-0.05, 0) is 13.3 Å². The van der Waals surface area contributed by atoms with Crippen molar-refractivity contribution in [3.05, 3.63) is 0 Å². The van der Waals surface area contributed by atoms with E-state index in [1.807, 2.05) is 6.92 Å². The minimum absolute atomic E-state index is 0.131. The van der Waals surface area contributed by atoms with Crippen molar-refractivity contribution in [3.63, 3.8) is 0 Å². The molecule has 4 unspecified atom stereocenters. The fourth-order valence-electron chi connectivity index (χ4n) is 1.76. The molecule has 1 fully saturated rings. The van der Waals surface area contributed by atoms with Gasteiger partial charge < -0.3 is 19.9 Å². The average Bonchev–Trinajstić information content (AvgIpc) is 2.46. The molecule has 0 radical (unpaired) electrons. The molecule has 13 heavy (non-hydrogen) atoms. The van der Waals surface area contributed by atoms with E-state index in [0.717, 1.165) is 12.8 Å². The van der Waals surface area contributed by atoms with Gasteiger partial charge in [0.25, 0.3) is 0 Å². The minimum Gasteiger partial charge on any atom is -0.356 e. The van der Waals surface area contributed by atoms with Crippen molar-refractivity contribution in [2.45, 2.75) is 38.4 Å². The van der Waals surface area contributed by atoms with Crippen LogP contribution in [-0.4, -0.2) is 32.8 Å².